The maximum Gasteiger partial charge on any atom is 0.0965 e. The van der Waals surface area contributed by atoms with Crippen molar-refractivity contribution in [1.82, 2.24) is 0 Å². The van der Waals surface area contributed by atoms with Gasteiger partial charge >= 0.3 is 0 Å². The Hall–Kier alpha value is -0.240. The van der Waals surface area contributed by atoms with Crippen LogP contribution in [0, 0.1) is 11.8 Å². The molecule has 3 heteroatoms. The highest BCUT2D eigenvalue weighted by molar-refractivity contribution is 5.85. The summed E-state index contributed by atoms with van der Waals surface area (Å²) in [5.74, 6) is 2.08. The predicted octanol–water partition coefficient (Wildman–Crippen LogP) is 1.83. The van der Waals surface area contributed by atoms with E-state index in [0.717, 1.165) is 18.3 Å². The van der Waals surface area contributed by atoms with Crippen LogP contribution in [0.25, 0.3) is 0 Å². The fraction of sp³-hybridized carbons (Fsp3) is 0.875. The Morgan fingerprint density at radius 3 is 2.64 bits per heavy atom. The van der Waals surface area contributed by atoms with Crippen molar-refractivity contribution in [1.29, 1.82) is 0 Å². The number of amidine groups is 1. The first-order chi connectivity index (χ1) is 4.70. The number of rotatable bonds is 0. The molecule has 2 N–H and O–H groups in total. The Balaban J connectivity index is 0.000001000. The van der Waals surface area contributed by atoms with Gasteiger partial charge in [-0.2, -0.15) is 0 Å². The Morgan fingerprint density at radius 1 is 1.36 bits per heavy atom. The third kappa shape index (κ3) is 3.10. The monoisotopic (exact) mass is 176 g/mol. The summed E-state index contributed by atoms with van der Waals surface area (Å²) in [6.07, 6.45) is 2.47. The van der Waals surface area contributed by atoms with Crippen LogP contribution >= 0.6 is 12.4 Å². The van der Waals surface area contributed by atoms with E-state index < -0.39 is 0 Å². The van der Waals surface area contributed by atoms with Crippen molar-refractivity contribution in [3.05, 3.63) is 0 Å². The number of hydrogen-bond donors (Lipinski definition) is 1. The van der Waals surface area contributed by atoms with E-state index in [1.54, 1.807) is 0 Å². The molecule has 1 heterocycles. The lowest BCUT2D eigenvalue weighted by molar-refractivity contribution is 0.509. The maximum atomic E-state index is 5.69. The smallest absolute Gasteiger partial charge is 0.0965 e. The third-order valence-electron chi connectivity index (χ3n) is 2.18. The summed E-state index contributed by atoms with van der Waals surface area (Å²) in [7, 11) is 0. The molecule has 0 saturated heterocycles. The molecule has 1 aliphatic rings. The van der Waals surface area contributed by atoms with Crippen molar-refractivity contribution >= 4 is 18.2 Å². The fourth-order valence-corrected chi connectivity index (χ4v) is 1.19. The van der Waals surface area contributed by atoms with Crippen molar-refractivity contribution in [3.63, 3.8) is 0 Å². The Labute approximate surface area is 74.7 Å². The molecule has 1 rings (SSSR count). The number of nitrogens with zero attached hydrogens (tertiary/aromatic N) is 1. The lowest BCUT2D eigenvalue weighted by Gasteiger charge is -2.06. The minimum absolute atomic E-state index is 0. The zero-order valence-corrected chi connectivity index (χ0v) is 8.03. The second kappa shape index (κ2) is 4.60. The molecule has 0 fully saturated rings. The molecule has 0 aromatic carbocycles. The molecule has 0 aliphatic carbocycles. The van der Waals surface area contributed by atoms with E-state index in [0.29, 0.717) is 5.92 Å². The second-order valence-corrected chi connectivity index (χ2v) is 3.35. The van der Waals surface area contributed by atoms with Gasteiger partial charge in [0.2, 0.25) is 0 Å². The lowest BCUT2D eigenvalue weighted by atomic mass is 10.00. The van der Waals surface area contributed by atoms with Crippen LogP contribution in [0.5, 0.6) is 0 Å². The Kier molecular flexibility index (Phi) is 4.50. The van der Waals surface area contributed by atoms with E-state index in [4.69, 9.17) is 5.73 Å². The van der Waals surface area contributed by atoms with Crippen LogP contribution in [0.2, 0.25) is 0 Å². The molecule has 0 aromatic heterocycles. The summed E-state index contributed by atoms with van der Waals surface area (Å²) in [4.78, 5) is 4.28. The van der Waals surface area contributed by atoms with E-state index in [2.05, 4.69) is 18.8 Å². The van der Waals surface area contributed by atoms with Crippen LogP contribution in [-0.2, 0) is 0 Å². The largest absolute Gasteiger partial charge is 0.387 e. The fourth-order valence-electron chi connectivity index (χ4n) is 1.19. The van der Waals surface area contributed by atoms with Gasteiger partial charge in [0.05, 0.1) is 5.84 Å². The predicted molar refractivity (Wildman–Crippen MR) is 51.3 cm³/mol. The zero-order valence-electron chi connectivity index (χ0n) is 7.21. The molecular weight excluding hydrogens is 160 g/mol. The van der Waals surface area contributed by atoms with Crippen LogP contribution in [0.3, 0.4) is 0 Å². The van der Waals surface area contributed by atoms with Gasteiger partial charge in [-0.05, 0) is 18.8 Å². The summed E-state index contributed by atoms with van der Waals surface area (Å²) >= 11 is 0. The highest BCUT2D eigenvalue weighted by atomic mass is 35.5. The topological polar surface area (TPSA) is 38.4 Å². The van der Waals surface area contributed by atoms with Gasteiger partial charge in [-0.3, -0.25) is 4.99 Å². The van der Waals surface area contributed by atoms with E-state index in [1.807, 2.05) is 0 Å². The van der Waals surface area contributed by atoms with E-state index >= 15 is 0 Å². The number of nitrogens with two attached hydrogens (primary N) is 1. The number of aliphatic imine (C=N–C) groups is 1. The van der Waals surface area contributed by atoms with Crippen LogP contribution in [-0.4, -0.2) is 12.4 Å². The highest BCUT2D eigenvalue weighted by Crippen LogP contribution is 2.16. The molecule has 2 nitrogen and oxygen atoms in total. The zero-order chi connectivity index (χ0) is 7.56. The average molecular weight is 177 g/mol. The summed E-state index contributed by atoms with van der Waals surface area (Å²) < 4.78 is 0. The minimum atomic E-state index is 0. The third-order valence-corrected chi connectivity index (χ3v) is 2.18. The van der Waals surface area contributed by atoms with Crippen LogP contribution in [0.1, 0.15) is 26.7 Å². The van der Waals surface area contributed by atoms with Gasteiger partial charge in [0, 0.05) is 12.5 Å². The van der Waals surface area contributed by atoms with E-state index in [9.17, 15) is 0 Å². The van der Waals surface area contributed by atoms with E-state index in [1.165, 1.54) is 12.8 Å². The van der Waals surface area contributed by atoms with Crippen molar-refractivity contribution in [3.8, 4) is 0 Å². The summed E-state index contributed by atoms with van der Waals surface area (Å²) in [5.41, 5.74) is 5.69. The molecule has 0 aromatic rings. The van der Waals surface area contributed by atoms with Crippen LogP contribution in [0.15, 0.2) is 4.99 Å². The van der Waals surface area contributed by atoms with Gasteiger partial charge in [-0.15, -0.1) is 12.4 Å². The van der Waals surface area contributed by atoms with Crippen molar-refractivity contribution in [2.24, 2.45) is 22.6 Å². The molecule has 0 saturated carbocycles. The molecule has 11 heavy (non-hydrogen) atoms. The molecule has 1 aliphatic heterocycles. The quantitative estimate of drug-likeness (QED) is 0.601. The van der Waals surface area contributed by atoms with Gasteiger partial charge < -0.3 is 5.73 Å². The molecule has 2 unspecified atom stereocenters. The maximum absolute atomic E-state index is 5.69. The normalized spacial score (nSPS) is 31.6. The molecule has 0 bridgehead atoms. The second-order valence-electron chi connectivity index (χ2n) is 3.35. The minimum Gasteiger partial charge on any atom is -0.387 e. The van der Waals surface area contributed by atoms with Gasteiger partial charge in [0.25, 0.3) is 0 Å². The summed E-state index contributed by atoms with van der Waals surface area (Å²) in [6.45, 7) is 5.31. The van der Waals surface area contributed by atoms with Gasteiger partial charge in [0.15, 0.2) is 0 Å². The molecule has 0 radical (unpaired) electrons. The Morgan fingerprint density at radius 2 is 2.00 bits per heavy atom. The first kappa shape index (κ1) is 10.8. The molecule has 2 atom stereocenters. The SMILES string of the molecule is CC1CCC(C)C(N)=NC1.Cl. The first-order valence-electron chi connectivity index (χ1n) is 4.00. The molecule has 66 valence electrons. The molecular formula is C8H17ClN2. The lowest BCUT2D eigenvalue weighted by Crippen LogP contribution is -2.20. The number of halogens is 1. The van der Waals surface area contributed by atoms with Gasteiger partial charge in [0.1, 0.15) is 0 Å². The van der Waals surface area contributed by atoms with Crippen molar-refractivity contribution in [2.75, 3.05) is 6.54 Å². The number of hydrogen-bond acceptors (Lipinski definition) is 2. The highest BCUT2D eigenvalue weighted by Gasteiger charge is 2.13. The standard InChI is InChI=1S/C8H16N2.ClH/c1-6-3-4-7(2)8(9)10-5-6;/h6-7H,3-5H2,1-2H3,(H2,9,10);1H. The molecule has 0 spiro atoms. The first-order valence-corrected chi connectivity index (χ1v) is 4.00. The average Bonchev–Trinajstić information content (AvgIpc) is 2.04. The molecule has 0 amide bonds. The van der Waals surface area contributed by atoms with Crippen molar-refractivity contribution < 1.29 is 0 Å². The summed E-state index contributed by atoms with van der Waals surface area (Å²) in [6, 6.07) is 0. The van der Waals surface area contributed by atoms with Crippen LogP contribution < -0.4 is 5.73 Å². The van der Waals surface area contributed by atoms with Gasteiger partial charge in [-0.1, -0.05) is 13.8 Å². The summed E-state index contributed by atoms with van der Waals surface area (Å²) in [5, 5.41) is 0. The van der Waals surface area contributed by atoms with Crippen molar-refractivity contribution in [2.45, 2.75) is 26.7 Å². The van der Waals surface area contributed by atoms with Gasteiger partial charge in [-0.25, -0.2) is 0 Å². The van der Waals surface area contributed by atoms with E-state index in [-0.39, 0.29) is 12.4 Å². The Bertz CT molecular complexity index is 145. The van der Waals surface area contributed by atoms with Crippen LogP contribution in [0.4, 0.5) is 0 Å².